The highest BCUT2D eigenvalue weighted by molar-refractivity contribution is 5.74. The number of rotatable bonds is 10. The molecular weight excluding hydrogens is 228 g/mol. The summed E-state index contributed by atoms with van der Waals surface area (Å²) in [4.78, 5) is 21.3. The van der Waals surface area contributed by atoms with E-state index in [-0.39, 0.29) is 45.5 Å². The van der Waals surface area contributed by atoms with Gasteiger partial charge in [-0.15, -0.1) is 0 Å². The number of hydrogen-bond acceptors (Lipinski definition) is 5. The van der Waals surface area contributed by atoms with E-state index in [9.17, 15) is 14.7 Å². The Morgan fingerprint density at radius 3 is 1.94 bits per heavy atom. The lowest BCUT2D eigenvalue weighted by Crippen LogP contribution is -2.37. The lowest BCUT2D eigenvalue weighted by atomic mass is 9.92. The number of amides is 2. The van der Waals surface area contributed by atoms with Gasteiger partial charge in [-0.2, -0.15) is 0 Å². The number of primary amides is 2. The van der Waals surface area contributed by atoms with E-state index in [0.717, 1.165) is 0 Å². The van der Waals surface area contributed by atoms with Gasteiger partial charge in [0.1, 0.15) is 0 Å². The van der Waals surface area contributed by atoms with Crippen LogP contribution in [0.5, 0.6) is 0 Å². The molecule has 6 N–H and O–H groups in total. The average Bonchev–Trinajstić information content (AvgIpc) is 2.24. The monoisotopic (exact) mass is 248 g/mol. The smallest absolute Gasteiger partial charge is 0.217 e. The highest BCUT2D eigenvalue weighted by Crippen LogP contribution is 2.20. The molecule has 0 radical (unpaired) electrons. The quantitative estimate of drug-likeness (QED) is 0.340. The van der Waals surface area contributed by atoms with Crippen LogP contribution in [0.2, 0.25) is 0 Å². The Balaban J connectivity index is 4.22. The van der Waals surface area contributed by atoms with Crippen LogP contribution >= 0.6 is 0 Å². The van der Waals surface area contributed by atoms with Crippen LogP contribution < -0.4 is 11.5 Å². The Kier molecular flexibility index (Phi) is 7.44. The summed E-state index contributed by atoms with van der Waals surface area (Å²) >= 11 is 0. The van der Waals surface area contributed by atoms with Gasteiger partial charge in [0.25, 0.3) is 0 Å². The summed E-state index contributed by atoms with van der Waals surface area (Å²) < 4.78 is 5.01. The Bertz CT molecular complexity index is 239. The molecule has 0 spiro atoms. The number of carbonyl (C=O) groups is 2. The Hall–Kier alpha value is -1.18. The first kappa shape index (κ1) is 15.8. The zero-order chi connectivity index (χ0) is 13.3. The van der Waals surface area contributed by atoms with Gasteiger partial charge >= 0.3 is 0 Å². The van der Waals surface area contributed by atoms with Crippen molar-refractivity contribution in [2.75, 3.05) is 19.8 Å². The summed E-state index contributed by atoms with van der Waals surface area (Å²) in [5.74, 6) is -1.07. The normalized spacial score (nSPS) is 11.4. The molecule has 0 aromatic carbocycles. The van der Waals surface area contributed by atoms with Gasteiger partial charge in [-0.3, -0.25) is 9.59 Å². The van der Waals surface area contributed by atoms with Gasteiger partial charge in [0.2, 0.25) is 11.8 Å². The zero-order valence-corrected chi connectivity index (χ0v) is 9.72. The maximum atomic E-state index is 10.7. The molecule has 0 aliphatic rings. The van der Waals surface area contributed by atoms with Crippen molar-refractivity contribution in [2.24, 2.45) is 11.5 Å². The van der Waals surface area contributed by atoms with E-state index in [1.165, 1.54) is 0 Å². The molecule has 7 nitrogen and oxygen atoms in total. The molecule has 0 aliphatic heterocycles. The number of carbonyl (C=O) groups excluding carboxylic acids is 2. The van der Waals surface area contributed by atoms with E-state index in [1.807, 2.05) is 0 Å². The van der Waals surface area contributed by atoms with Crippen LogP contribution in [0.1, 0.15) is 25.7 Å². The molecule has 0 rings (SSSR count). The van der Waals surface area contributed by atoms with Crippen molar-refractivity contribution < 1.29 is 24.5 Å². The van der Waals surface area contributed by atoms with Gasteiger partial charge < -0.3 is 26.4 Å². The fourth-order valence-electron chi connectivity index (χ4n) is 1.31. The van der Waals surface area contributed by atoms with Crippen molar-refractivity contribution in [2.45, 2.75) is 31.3 Å². The second-order valence-electron chi connectivity index (χ2n) is 3.93. The van der Waals surface area contributed by atoms with E-state index in [1.54, 1.807) is 0 Å². The maximum absolute atomic E-state index is 10.7. The molecule has 2 amide bonds. The van der Waals surface area contributed by atoms with Gasteiger partial charge in [-0.05, 0) is 12.8 Å². The molecule has 0 aromatic heterocycles. The van der Waals surface area contributed by atoms with Gasteiger partial charge in [0.05, 0.1) is 25.4 Å². The molecule has 7 heteroatoms. The van der Waals surface area contributed by atoms with Crippen molar-refractivity contribution in [3.05, 3.63) is 0 Å². The van der Waals surface area contributed by atoms with Crippen LogP contribution in [0.4, 0.5) is 0 Å². The Morgan fingerprint density at radius 2 is 1.59 bits per heavy atom. The van der Waals surface area contributed by atoms with Crippen LogP contribution in [-0.2, 0) is 14.3 Å². The Morgan fingerprint density at radius 1 is 1.12 bits per heavy atom. The molecule has 0 unspecified atom stereocenters. The van der Waals surface area contributed by atoms with Gasteiger partial charge in [0, 0.05) is 12.8 Å². The summed E-state index contributed by atoms with van der Waals surface area (Å²) in [5.41, 5.74) is 8.66. The van der Waals surface area contributed by atoms with Crippen molar-refractivity contribution >= 4 is 11.8 Å². The van der Waals surface area contributed by atoms with Crippen LogP contribution in [0, 0.1) is 0 Å². The maximum Gasteiger partial charge on any atom is 0.217 e. The minimum atomic E-state index is -1.32. The minimum absolute atomic E-state index is 0.00224. The topological polar surface area (TPSA) is 136 Å². The summed E-state index contributed by atoms with van der Waals surface area (Å²) in [7, 11) is 0. The largest absolute Gasteiger partial charge is 0.394 e. The van der Waals surface area contributed by atoms with Crippen LogP contribution in [0.15, 0.2) is 0 Å². The van der Waals surface area contributed by atoms with Crippen LogP contribution in [0.3, 0.4) is 0 Å². The molecule has 0 saturated carbocycles. The number of nitrogens with two attached hydrogens (primary N) is 2. The van der Waals surface area contributed by atoms with E-state index in [0.29, 0.717) is 0 Å². The third-order valence-corrected chi connectivity index (χ3v) is 2.28. The number of hydrogen-bond donors (Lipinski definition) is 4. The molecule has 0 heterocycles. The number of aliphatic hydroxyl groups excluding tert-OH is 1. The fourth-order valence-corrected chi connectivity index (χ4v) is 1.31. The Labute approximate surface area is 99.7 Å². The van der Waals surface area contributed by atoms with E-state index in [4.69, 9.17) is 21.3 Å². The predicted molar refractivity (Wildman–Crippen MR) is 59.7 cm³/mol. The first-order chi connectivity index (χ1) is 7.89. The highest BCUT2D eigenvalue weighted by atomic mass is 16.5. The first-order valence-corrected chi connectivity index (χ1v) is 5.37. The molecule has 0 aliphatic carbocycles. The summed E-state index contributed by atoms with van der Waals surface area (Å²) in [6.45, 7) is -0.161. The van der Waals surface area contributed by atoms with E-state index < -0.39 is 17.4 Å². The predicted octanol–water partition coefficient (Wildman–Crippen LogP) is -1.74. The standard InChI is InChI=1S/C10H20N2O5/c11-8(14)1-3-10(16,4-2-9(12)15)7-17-6-5-13/h13,16H,1-7H2,(H2,11,14)(H2,12,15). The van der Waals surface area contributed by atoms with Gasteiger partial charge in [0.15, 0.2) is 0 Å². The third kappa shape index (κ3) is 8.61. The molecule has 17 heavy (non-hydrogen) atoms. The molecule has 0 saturated heterocycles. The summed E-state index contributed by atoms with van der Waals surface area (Å²) in [6.07, 6.45) is 0.192. The zero-order valence-electron chi connectivity index (χ0n) is 9.72. The highest BCUT2D eigenvalue weighted by Gasteiger charge is 2.28. The summed E-state index contributed by atoms with van der Waals surface area (Å²) in [6, 6.07) is 0. The lowest BCUT2D eigenvalue weighted by molar-refractivity contribution is -0.122. The molecular formula is C10H20N2O5. The number of aliphatic hydroxyl groups is 2. The molecule has 0 bridgehead atoms. The summed E-state index contributed by atoms with van der Waals surface area (Å²) in [5, 5.41) is 18.7. The third-order valence-electron chi connectivity index (χ3n) is 2.28. The first-order valence-electron chi connectivity index (χ1n) is 5.37. The van der Waals surface area contributed by atoms with Gasteiger partial charge in [-0.25, -0.2) is 0 Å². The molecule has 100 valence electrons. The van der Waals surface area contributed by atoms with Crippen LogP contribution in [0.25, 0.3) is 0 Å². The minimum Gasteiger partial charge on any atom is -0.394 e. The van der Waals surface area contributed by atoms with Crippen molar-refractivity contribution in [3.63, 3.8) is 0 Å². The number of ether oxygens (including phenoxy) is 1. The van der Waals surface area contributed by atoms with Crippen LogP contribution in [-0.4, -0.2) is 47.4 Å². The fraction of sp³-hybridized carbons (Fsp3) is 0.800. The second kappa shape index (κ2) is 7.99. The second-order valence-corrected chi connectivity index (χ2v) is 3.93. The van der Waals surface area contributed by atoms with Crippen molar-refractivity contribution in [1.29, 1.82) is 0 Å². The molecule has 0 fully saturated rings. The van der Waals surface area contributed by atoms with Crippen molar-refractivity contribution in [1.82, 2.24) is 0 Å². The average molecular weight is 248 g/mol. The van der Waals surface area contributed by atoms with Gasteiger partial charge in [-0.1, -0.05) is 0 Å². The lowest BCUT2D eigenvalue weighted by Gasteiger charge is -2.27. The molecule has 0 aromatic rings. The van der Waals surface area contributed by atoms with Crippen molar-refractivity contribution in [3.8, 4) is 0 Å². The van der Waals surface area contributed by atoms with E-state index in [2.05, 4.69) is 0 Å². The van der Waals surface area contributed by atoms with E-state index >= 15 is 0 Å². The SMILES string of the molecule is NC(=O)CCC(O)(CCC(N)=O)COCCO. The molecule has 0 atom stereocenters.